The summed E-state index contributed by atoms with van der Waals surface area (Å²) in [5.41, 5.74) is 0.662. The van der Waals surface area contributed by atoms with E-state index in [4.69, 9.17) is 11.6 Å². The molecule has 1 fully saturated rings. The Bertz CT molecular complexity index is 518. The molecule has 5 heteroatoms. The van der Waals surface area contributed by atoms with Crippen LogP contribution in [0.3, 0.4) is 0 Å². The molecule has 1 aliphatic carbocycles. The van der Waals surface area contributed by atoms with Crippen LogP contribution >= 0.6 is 11.6 Å². The summed E-state index contributed by atoms with van der Waals surface area (Å²) >= 11 is 5.86. The van der Waals surface area contributed by atoms with Gasteiger partial charge in [0.25, 0.3) is 0 Å². The molecule has 0 aromatic heterocycles. The van der Waals surface area contributed by atoms with E-state index in [-0.39, 0.29) is 29.7 Å². The van der Waals surface area contributed by atoms with Crippen LogP contribution in [0.15, 0.2) is 24.3 Å². The Morgan fingerprint density at radius 1 is 1.35 bits per heavy atom. The molecule has 3 atom stereocenters. The number of benzene rings is 1. The zero-order valence-electron chi connectivity index (χ0n) is 11.7. The van der Waals surface area contributed by atoms with Gasteiger partial charge in [0.15, 0.2) is 0 Å². The molecule has 0 saturated heterocycles. The molecule has 2 amide bonds. The smallest absolute Gasteiger partial charge is 0.228 e. The van der Waals surface area contributed by atoms with Gasteiger partial charge in [-0.2, -0.15) is 0 Å². The molecule has 4 nitrogen and oxygen atoms in total. The maximum atomic E-state index is 12.0. The summed E-state index contributed by atoms with van der Waals surface area (Å²) < 4.78 is 0. The van der Waals surface area contributed by atoms with E-state index >= 15 is 0 Å². The molecule has 0 aliphatic heterocycles. The Balaban J connectivity index is 1.85. The van der Waals surface area contributed by atoms with E-state index in [9.17, 15) is 9.59 Å². The topological polar surface area (TPSA) is 58.2 Å². The molecule has 20 heavy (non-hydrogen) atoms. The van der Waals surface area contributed by atoms with Crippen LogP contribution in [0, 0.1) is 11.8 Å². The number of rotatable bonds is 5. The lowest BCUT2D eigenvalue weighted by Gasteiger charge is -2.11. The highest BCUT2D eigenvalue weighted by Gasteiger charge is 2.48. The van der Waals surface area contributed by atoms with Crippen molar-refractivity contribution in [2.75, 3.05) is 5.32 Å². The van der Waals surface area contributed by atoms with Crippen LogP contribution in [-0.2, 0) is 9.59 Å². The molecule has 1 aromatic carbocycles. The van der Waals surface area contributed by atoms with Crippen molar-refractivity contribution in [3.8, 4) is 0 Å². The number of anilines is 1. The Morgan fingerprint density at radius 2 is 2.05 bits per heavy atom. The molecule has 3 unspecified atom stereocenters. The number of hydrogen-bond acceptors (Lipinski definition) is 2. The Hall–Kier alpha value is -1.55. The summed E-state index contributed by atoms with van der Waals surface area (Å²) in [7, 11) is 0. The number of amides is 2. The predicted molar refractivity (Wildman–Crippen MR) is 79.6 cm³/mol. The zero-order valence-corrected chi connectivity index (χ0v) is 12.4. The lowest BCUT2D eigenvalue weighted by Crippen LogP contribution is -2.34. The first-order chi connectivity index (χ1) is 9.51. The highest BCUT2D eigenvalue weighted by molar-refractivity contribution is 6.30. The van der Waals surface area contributed by atoms with Gasteiger partial charge >= 0.3 is 0 Å². The largest absolute Gasteiger partial charge is 0.353 e. The number of halogens is 1. The van der Waals surface area contributed by atoms with E-state index in [0.717, 1.165) is 6.42 Å². The number of carbonyl (C=O) groups excluding carboxylic acids is 2. The molecule has 1 aromatic rings. The fourth-order valence-corrected chi connectivity index (χ4v) is 2.22. The molecule has 0 bridgehead atoms. The van der Waals surface area contributed by atoms with Gasteiger partial charge in [-0.15, -0.1) is 0 Å². The van der Waals surface area contributed by atoms with Crippen LogP contribution in [0.25, 0.3) is 0 Å². The van der Waals surface area contributed by atoms with Crippen LogP contribution in [0.1, 0.15) is 26.7 Å². The lowest BCUT2D eigenvalue weighted by molar-refractivity contribution is -0.125. The minimum atomic E-state index is -0.224. The lowest BCUT2D eigenvalue weighted by atomic mass is 10.2. The van der Waals surface area contributed by atoms with E-state index in [0.29, 0.717) is 17.1 Å². The van der Waals surface area contributed by atoms with Crippen molar-refractivity contribution in [3.63, 3.8) is 0 Å². The highest BCUT2D eigenvalue weighted by Crippen LogP contribution is 2.39. The van der Waals surface area contributed by atoms with Crippen molar-refractivity contribution in [2.24, 2.45) is 11.8 Å². The average molecular weight is 295 g/mol. The molecule has 108 valence electrons. The van der Waals surface area contributed by atoms with E-state index in [1.165, 1.54) is 0 Å². The standard InChI is InChI=1S/C15H19ClN2O2/c1-3-9(2)17-14(19)12-8-13(12)15(20)18-11-6-4-5-10(16)7-11/h4-7,9,12-13H,3,8H2,1-2H3,(H,17,19)(H,18,20). The van der Waals surface area contributed by atoms with Crippen molar-refractivity contribution >= 4 is 29.1 Å². The van der Waals surface area contributed by atoms with Crippen LogP contribution in [0.5, 0.6) is 0 Å². The SMILES string of the molecule is CCC(C)NC(=O)C1CC1C(=O)Nc1cccc(Cl)c1. The molecule has 2 rings (SSSR count). The van der Waals surface area contributed by atoms with Gasteiger partial charge in [-0.1, -0.05) is 24.6 Å². The number of nitrogens with one attached hydrogen (secondary N) is 2. The van der Waals surface area contributed by atoms with Gasteiger partial charge in [0, 0.05) is 16.8 Å². The molecule has 2 N–H and O–H groups in total. The molecule has 0 spiro atoms. The fourth-order valence-electron chi connectivity index (χ4n) is 2.03. The third-order valence-corrected chi connectivity index (χ3v) is 3.79. The summed E-state index contributed by atoms with van der Waals surface area (Å²) in [4.78, 5) is 23.9. The zero-order chi connectivity index (χ0) is 14.7. The van der Waals surface area contributed by atoms with Gasteiger partial charge in [-0.25, -0.2) is 0 Å². The quantitative estimate of drug-likeness (QED) is 0.877. The van der Waals surface area contributed by atoms with Crippen molar-refractivity contribution < 1.29 is 9.59 Å². The minimum Gasteiger partial charge on any atom is -0.353 e. The number of carbonyl (C=O) groups is 2. The molecule has 0 heterocycles. The fraction of sp³-hybridized carbons (Fsp3) is 0.467. The summed E-state index contributed by atoms with van der Waals surface area (Å²) in [6.07, 6.45) is 1.51. The summed E-state index contributed by atoms with van der Waals surface area (Å²) in [6, 6.07) is 7.14. The van der Waals surface area contributed by atoms with Crippen molar-refractivity contribution in [2.45, 2.75) is 32.7 Å². The normalized spacial score (nSPS) is 21.9. The maximum absolute atomic E-state index is 12.0. The Kier molecular flexibility index (Phi) is 4.65. The monoisotopic (exact) mass is 294 g/mol. The first-order valence-electron chi connectivity index (χ1n) is 6.88. The van der Waals surface area contributed by atoms with E-state index < -0.39 is 0 Å². The average Bonchev–Trinajstić information content (AvgIpc) is 3.18. The summed E-state index contributed by atoms with van der Waals surface area (Å²) in [6.45, 7) is 3.97. The minimum absolute atomic E-state index is 0.0226. The first-order valence-corrected chi connectivity index (χ1v) is 7.26. The molecule has 1 saturated carbocycles. The number of hydrogen-bond donors (Lipinski definition) is 2. The third kappa shape index (κ3) is 3.73. The van der Waals surface area contributed by atoms with E-state index in [1.54, 1.807) is 24.3 Å². The first kappa shape index (κ1) is 14.9. The second kappa shape index (κ2) is 6.27. The molecule has 1 aliphatic rings. The van der Waals surface area contributed by atoms with Gasteiger partial charge in [0.2, 0.25) is 11.8 Å². The van der Waals surface area contributed by atoms with Gasteiger partial charge in [0.1, 0.15) is 0 Å². The summed E-state index contributed by atoms with van der Waals surface area (Å²) in [5, 5.41) is 6.28. The Labute approximate surface area is 123 Å². The van der Waals surface area contributed by atoms with Crippen molar-refractivity contribution in [1.29, 1.82) is 0 Å². The van der Waals surface area contributed by atoms with Gasteiger partial charge < -0.3 is 10.6 Å². The van der Waals surface area contributed by atoms with Gasteiger partial charge in [-0.05, 0) is 38.0 Å². The molecule has 0 radical (unpaired) electrons. The van der Waals surface area contributed by atoms with Crippen molar-refractivity contribution in [3.05, 3.63) is 29.3 Å². The van der Waals surface area contributed by atoms with Crippen molar-refractivity contribution in [1.82, 2.24) is 5.32 Å². The molecular formula is C15H19ClN2O2. The van der Waals surface area contributed by atoms with Crippen LogP contribution in [0.2, 0.25) is 5.02 Å². The predicted octanol–water partition coefficient (Wildman–Crippen LogP) is 2.83. The highest BCUT2D eigenvalue weighted by atomic mass is 35.5. The summed E-state index contributed by atoms with van der Waals surface area (Å²) in [5.74, 6) is -0.552. The van der Waals surface area contributed by atoms with E-state index in [1.807, 2.05) is 13.8 Å². The van der Waals surface area contributed by atoms with E-state index in [2.05, 4.69) is 10.6 Å². The molecular weight excluding hydrogens is 276 g/mol. The van der Waals surface area contributed by atoms with Gasteiger partial charge in [0.05, 0.1) is 11.8 Å². The van der Waals surface area contributed by atoms with Gasteiger partial charge in [-0.3, -0.25) is 9.59 Å². The maximum Gasteiger partial charge on any atom is 0.228 e. The van der Waals surface area contributed by atoms with Crippen LogP contribution in [-0.4, -0.2) is 17.9 Å². The second-order valence-electron chi connectivity index (χ2n) is 5.27. The van der Waals surface area contributed by atoms with Crippen LogP contribution < -0.4 is 10.6 Å². The van der Waals surface area contributed by atoms with Crippen LogP contribution in [0.4, 0.5) is 5.69 Å². The Morgan fingerprint density at radius 3 is 2.70 bits per heavy atom. The third-order valence-electron chi connectivity index (χ3n) is 3.56. The second-order valence-corrected chi connectivity index (χ2v) is 5.70.